The molecule has 3 fully saturated rings. The number of halogens is 2. The first kappa shape index (κ1) is 25.8. The minimum Gasteiger partial charge on any atom is -0.465 e. The summed E-state index contributed by atoms with van der Waals surface area (Å²) in [6, 6.07) is 9.55. The molecule has 2 saturated heterocycles. The molecule has 9 heteroatoms. The maximum absolute atomic E-state index is 13.1. The molecule has 2 bridgehead atoms. The number of anilines is 1. The van der Waals surface area contributed by atoms with Gasteiger partial charge in [0.25, 0.3) is 0 Å². The first-order chi connectivity index (χ1) is 18.9. The molecule has 3 aliphatic rings. The number of hydrogen-bond donors (Lipinski definition) is 1. The average Bonchev–Trinajstić information content (AvgIpc) is 3.63. The zero-order valence-corrected chi connectivity index (χ0v) is 22.2. The molecule has 7 nitrogen and oxygen atoms in total. The van der Waals surface area contributed by atoms with Gasteiger partial charge in [0.2, 0.25) is 0 Å². The number of carbonyl (C=O) groups is 1. The molecule has 4 heterocycles. The minimum atomic E-state index is -2.89. The maximum atomic E-state index is 13.1. The molecular weight excluding hydrogens is 504 g/mol. The number of aromatic nitrogens is 2. The normalized spacial score (nSPS) is 22.4. The Bertz CT molecular complexity index is 1340. The molecule has 2 unspecified atom stereocenters. The van der Waals surface area contributed by atoms with Crippen molar-refractivity contribution in [2.75, 3.05) is 12.0 Å². The molecule has 2 atom stereocenters. The zero-order valence-electron chi connectivity index (χ0n) is 22.2. The number of methoxy groups -OCH3 is 1. The van der Waals surface area contributed by atoms with E-state index in [1.807, 2.05) is 31.3 Å². The summed E-state index contributed by atoms with van der Waals surface area (Å²) in [6.45, 7) is -0.558. The van der Waals surface area contributed by atoms with Gasteiger partial charge in [0.05, 0.1) is 25.4 Å². The second-order valence-corrected chi connectivity index (χ2v) is 10.8. The number of aryl methyl sites for hydroxylation is 1. The van der Waals surface area contributed by atoms with E-state index >= 15 is 0 Å². The number of benzene rings is 1. The lowest BCUT2D eigenvalue weighted by atomic mass is 9.98. The number of ether oxygens (including phenoxy) is 3. The van der Waals surface area contributed by atoms with Crippen LogP contribution in [0, 0.1) is 6.92 Å². The van der Waals surface area contributed by atoms with Crippen molar-refractivity contribution in [1.82, 2.24) is 9.97 Å². The van der Waals surface area contributed by atoms with E-state index in [-0.39, 0.29) is 17.8 Å². The van der Waals surface area contributed by atoms with E-state index < -0.39 is 6.61 Å². The number of carbonyl (C=O) groups excluding carboxylic acids is 1. The van der Waals surface area contributed by atoms with Gasteiger partial charge >= 0.3 is 12.6 Å². The monoisotopic (exact) mass is 537 g/mol. The highest BCUT2D eigenvalue weighted by Crippen LogP contribution is 2.46. The molecule has 0 spiro atoms. The third-order valence-corrected chi connectivity index (χ3v) is 8.32. The Morgan fingerprint density at radius 3 is 2.54 bits per heavy atom. The lowest BCUT2D eigenvalue weighted by Crippen LogP contribution is -2.46. The number of hydrogen-bond acceptors (Lipinski definition) is 6. The van der Waals surface area contributed by atoms with Crippen molar-refractivity contribution in [1.29, 1.82) is 0 Å². The summed E-state index contributed by atoms with van der Waals surface area (Å²) >= 11 is 0. The second kappa shape index (κ2) is 10.6. The van der Waals surface area contributed by atoms with E-state index in [9.17, 15) is 13.6 Å². The number of piperidine rings is 1. The number of nitrogens with zero attached hydrogens (tertiary/aromatic N) is 2. The van der Waals surface area contributed by atoms with Crippen LogP contribution >= 0.6 is 0 Å². The van der Waals surface area contributed by atoms with Crippen LogP contribution in [0.5, 0.6) is 5.75 Å². The van der Waals surface area contributed by atoms with Gasteiger partial charge in [-0.05, 0) is 69.1 Å². The van der Waals surface area contributed by atoms with E-state index in [0.717, 1.165) is 66.7 Å². The van der Waals surface area contributed by atoms with Crippen molar-refractivity contribution in [3.05, 3.63) is 65.1 Å². The number of para-hydroxylation sites is 1. The number of rotatable bonds is 9. The molecule has 6 rings (SSSR count). The Hall–Kier alpha value is -3.46. The maximum Gasteiger partial charge on any atom is 0.387 e. The number of alkyl halides is 2. The molecule has 2 aromatic heterocycles. The van der Waals surface area contributed by atoms with Crippen LogP contribution in [-0.4, -0.2) is 47.8 Å². The predicted molar refractivity (Wildman–Crippen MR) is 142 cm³/mol. The van der Waals surface area contributed by atoms with Crippen LogP contribution in [0.25, 0.3) is 11.1 Å². The van der Waals surface area contributed by atoms with E-state index in [1.54, 1.807) is 18.3 Å². The Morgan fingerprint density at radius 2 is 1.87 bits per heavy atom. The number of H-pyrrole nitrogens is 1. The SMILES string of the molecule is COC(=O)c1cnc(N2C3CCC2CC(OCc2c(-c4ccccc4OC(F)F)c[nH]c2C2CC2)C3)cc1C. The molecule has 1 N–H and O–H groups in total. The molecular formula is C30H33F2N3O4. The summed E-state index contributed by atoms with van der Waals surface area (Å²) in [5.74, 6) is 1.15. The molecule has 1 aliphatic carbocycles. The van der Waals surface area contributed by atoms with Crippen molar-refractivity contribution in [2.24, 2.45) is 0 Å². The van der Waals surface area contributed by atoms with Crippen molar-refractivity contribution in [2.45, 2.75) is 82.8 Å². The molecule has 0 radical (unpaired) electrons. The predicted octanol–water partition coefficient (Wildman–Crippen LogP) is 6.37. The largest absolute Gasteiger partial charge is 0.465 e. The third kappa shape index (κ3) is 5.12. The fourth-order valence-electron chi connectivity index (χ4n) is 6.33. The van der Waals surface area contributed by atoms with E-state index in [1.165, 1.54) is 7.11 Å². The third-order valence-electron chi connectivity index (χ3n) is 8.32. The van der Waals surface area contributed by atoms with Crippen molar-refractivity contribution >= 4 is 11.8 Å². The summed E-state index contributed by atoms with van der Waals surface area (Å²) in [4.78, 5) is 22.4. The summed E-state index contributed by atoms with van der Waals surface area (Å²) in [6.07, 6.45) is 9.77. The topological polar surface area (TPSA) is 76.7 Å². The Morgan fingerprint density at radius 1 is 1.13 bits per heavy atom. The molecule has 1 saturated carbocycles. The highest BCUT2D eigenvalue weighted by molar-refractivity contribution is 5.90. The minimum absolute atomic E-state index is 0.0940. The summed E-state index contributed by atoms with van der Waals surface area (Å²) < 4.78 is 42.5. The van der Waals surface area contributed by atoms with Crippen LogP contribution in [0.4, 0.5) is 14.6 Å². The Kier molecular flexibility index (Phi) is 7.01. The van der Waals surface area contributed by atoms with Crippen LogP contribution in [-0.2, 0) is 16.1 Å². The van der Waals surface area contributed by atoms with Gasteiger partial charge in [0.1, 0.15) is 11.6 Å². The van der Waals surface area contributed by atoms with Crippen LogP contribution < -0.4 is 9.64 Å². The quantitative estimate of drug-likeness (QED) is 0.320. The Labute approximate surface area is 226 Å². The van der Waals surface area contributed by atoms with Gasteiger partial charge in [0.15, 0.2) is 0 Å². The number of aromatic amines is 1. The fraction of sp³-hybridized carbons (Fsp3) is 0.467. The fourth-order valence-corrected chi connectivity index (χ4v) is 6.33. The summed E-state index contributed by atoms with van der Waals surface area (Å²) in [5.41, 5.74) is 5.02. The van der Waals surface area contributed by atoms with Gasteiger partial charge in [-0.3, -0.25) is 0 Å². The summed E-state index contributed by atoms with van der Waals surface area (Å²) in [5, 5.41) is 0. The number of esters is 1. The van der Waals surface area contributed by atoms with E-state index in [2.05, 4.69) is 14.9 Å². The van der Waals surface area contributed by atoms with Gasteiger partial charge in [-0.2, -0.15) is 8.78 Å². The molecule has 0 amide bonds. The molecule has 1 aromatic carbocycles. The van der Waals surface area contributed by atoms with Crippen molar-refractivity contribution < 1.29 is 27.8 Å². The standard InChI is InChI=1S/C30H33F2N3O4/c1-17-11-27(33-14-23(17)29(36)37-2)35-19-9-10-20(35)13-21(12-19)38-16-25-24(15-34-28(25)18-7-8-18)22-5-3-4-6-26(22)39-30(31)32/h3-6,11,14-15,18-21,30,34H,7-10,12-13,16H2,1-2H3. The lowest BCUT2D eigenvalue weighted by Gasteiger charge is -2.40. The number of pyridine rings is 1. The molecule has 2 aliphatic heterocycles. The molecule has 39 heavy (non-hydrogen) atoms. The van der Waals surface area contributed by atoms with Gasteiger partial charge in [0, 0.05) is 46.9 Å². The zero-order chi connectivity index (χ0) is 27.1. The number of fused-ring (bicyclic) bond motifs is 2. The van der Waals surface area contributed by atoms with Crippen LogP contribution in [0.1, 0.15) is 71.6 Å². The molecule has 206 valence electrons. The highest BCUT2D eigenvalue weighted by atomic mass is 19.3. The van der Waals surface area contributed by atoms with Crippen molar-refractivity contribution in [3.8, 4) is 16.9 Å². The van der Waals surface area contributed by atoms with Gasteiger partial charge < -0.3 is 24.1 Å². The Balaban J connectivity index is 1.18. The first-order valence-electron chi connectivity index (χ1n) is 13.6. The van der Waals surface area contributed by atoms with Crippen LogP contribution in [0.3, 0.4) is 0 Å². The number of nitrogens with one attached hydrogen (secondary N) is 1. The van der Waals surface area contributed by atoms with Crippen LogP contribution in [0.2, 0.25) is 0 Å². The van der Waals surface area contributed by atoms with Gasteiger partial charge in [-0.25, -0.2) is 9.78 Å². The smallest absolute Gasteiger partial charge is 0.387 e. The van der Waals surface area contributed by atoms with Gasteiger partial charge in [-0.1, -0.05) is 18.2 Å². The second-order valence-electron chi connectivity index (χ2n) is 10.8. The average molecular weight is 538 g/mol. The van der Waals surface area contributed by atoms with Crippen LogP contribution in [0.15, 0.2) is 42.7 Å². The highest BCUT2D eigenvalue weighted by Gasteiger charge is 2.42. The summed E-state index contributed by atoms with van der Waals surface area (Å²) in [7, 11) is 1.38. The van der Waals surface area contributed by atoms with E-state index in [4.69, 9.17) is 14.2 Å². The van der Waals surface area contributed by atoms with E-state index in [0.29, 0.717) is 35.7 Å². The van der Waals surface area contributed by atoms with Gasteiger partial charge in [-0.15, -0.1) is 0 Å². The lowest BCUT2D eigenvalue weighted by molar-refractivity contribution is -0.0494. The van der Waals surface area contributed by atoms with Crippen molar-refractivity contribution in [3.63, 3.8) is 0 Å². The molecule has 3 aromatic rings. The first-order valence-corrected chi connectivity index (χ1v) is 13.6.